The van der Waals surface area contributed by atoms with Crippen LogP contribution in [0.5, 0.6) is 0 Å². The number of carbonyl (C=O) groups is 1. The fourth-order valence-corrected chi connectivity index (χ4v) is 2.47. The predicted octanol–water partition coefficient (Wildman–Crippen LogP) is 2.10. The Morgan fingerprint density at radius 2 is 2.30 bits per heavy atom. The molecule has 1 heterocycles. The SMILES string of the molecule is CC(C)CN(CCC#N)C(=O)c1csc(C#CCO)c1. The van der Waals surface area contributed by atoms with Gasteiger partial charge in [-0.25, -0.2) is 0 Å². The van der Waals surface area contributed by atoms with Crippen LogP contribution in [0.25, 0.3) is 0 Å². The number of carbonyl (C=O) groups excluding carboxylic acids is 1. The molecule has 0 bridgehead atoms. The molecule has 1 rings (SSSR count). The van der Waals surface area contributed by atoms with E-state index in [0.29, 0.717) is 31.0 Å². The summed E-state index contributed by atoms with van der Waals surface area (Å²) in [5.41, 5.74) is 0.593. The molecule has 0 radical (unpaired) electrons. The van der Waals surface area contributed by atoms with Crippen molar-refractivity contribution in [2.45, 2.75) is 20.3 Å². The van der Waals surface area contributed by atoms with Gasteiger partial charge in [-0.1, -0.05) is 25.7 Å². The van der Waals surface area contributed by atoms with Crippen LogP contribution in [0.2, 0.25) is 0 Å². The van der Waals surface area contributed by atoms with Crippen LogP contribution in [-0.2, 0) is 0 Å². The molecule has 0 aliphatic rings. The Kier molecular flexibility index (Phi) is 6.79. The maximum Gasteiger partial charge on any atom is 0.254 e. The number of rotatable bonds is 5. The zero-order chi connectivity index (χ0) is 15.0. The molecule has 0 saturated heterocycles. The first kappa shape index (κ1) is 16.2. The van der Waals surface area contributed by atoms with E-state index >= 15 is 0 Å². The minimum atomic E-state index is -0.192. The standard InChI is InChI=1S/C15H18N2O2S/c1-12(2)10-17(7-4-6-16)15(19)13-9-14(20-11-13)5-3-8-18/h9,11-12,18H,4,7-8,10H2,1-2H3. The van der Waals surface area contributed by atoms with Crippen LogP contribution in [0.1, 0.15) is 35.5 Å². The minimum absolute atomic E-state index is 0.0674. The van der Waals surface area contributed by atoms with Crippen LogP contribution in [0.4, 0.5) is 0 Å². The van der Waals surface area contributed by atoms with E-state index < -0.39 is 0 Å². The fraction of sp³-hybridized carbons (Fsp3) is 0.467. The molecular weight excluding hydrogens is 272 g/mol. The van der Waals surface area contributed by atoms with Gasteiger partial charge in [-0.05, 0) is 12.0 Å². The van der Waals surface area contributed by atoms with Crippen molar-refractivity contribution in [1.82, 2.24) is 4.90 Å². The van der Waals surface area contributed by atoms with Gasteiger partial charge in [0.15, 0.2) is 0 Å². The maximum atomic E-state index is 12.4. The lowest BCUT2D eigenvalue weighted by Gasteiger charge is -2.23. The summed E-state index contributed by atoms with van der Waals surface area (Å²) in [7, 11) is 0. The van der Waals surface area contributed by atoms with Gasteiger partial charge < -0.3 is 10.0 Å². The second-order valence-corrected chi connectivity index (χ2v) is 5.62. The largest absolute Gasteiger partial charge is 0.384 e. The van der Waals surface area contributed by atoms with E-state index in [4.69, 9.17) is 10.4 Å². The van der Waals surface area contributed by atoms with Crippen molar-refractivity contribution in [1.29, 1.82) is 5.26 Å². The van der Waals surface area contributed by atoms with Gasteiger partial charge in [-0.15, -0.1) is 11.3 Å². The van der Waals surface area contributed by atoms with Crippen molar-refractivity contribution in [3.8, 4) is 17.9 Å². The number of nitrogens with zero attached hydrogens (tertiary/aromatic N) is 2. The van der Waals surface area contributed by atoms with Crippen LogP contribution < -0.4 is 0 Å². The molecular formula is C15H18N2O2S. The van der Waals surface area contributed by atoms with Gasteiger partial charge in [-0.2, -0.15) is 5.26 Å². The Labute approximate surface area is 123 Å². The molecule has 20 heavy (non-hydrogen) atoms. The molecule has 1 aromatic rings. The number of thiophene rings is 1. The number of hydrogen-bond acceptors (Lipinski definition) is 4. The Morgan fingerprint density at radius 1 is 1.55 bits per heavy atom. The van der Waals surface area contributed by atoms with Crippen molar-refractivity contribution >= 4 is 17.2 Å². The molecule has 4 nitrogen and oxygen atoms in total. The second-order valence-electron chi connectivity index (χ2n) is 4.71. The first-order valence-corrected chi connectivity index (χ1v) is 7.31. The van der Waals surface area contributed by atoms with Gasteiger partial charge in [0, 0.05) is 18.5 Å². The van der Waals surface area contributed by atoms with Crippen LogP contribution in [0.3, 0.4) is 0 Å². The smallest absolute Gasteiger partial charge is 0.254 e. The van der Waals surface area contributed by atoms with Gasteiger partial charge in [0.05, 0.1) is 22.9 Å². The average Bonchev–Trinajstić information content (AvgIpc) is 2.88. The second kappa shape index (κ2) is 8.37. The Hall–Kier alpha value is -1.82. The third-order valence-corrected chi connectivity index (χ3v) is 3.35. The number of hydrogen-bond donors (Lipinski definition) is 1. The van der Waals surface area contributed by atoms with Gasteiger partial charge in [0.1, 0.15) is 6.61 Å². The van der Waals surface area contributed by atoms with E-state index in [9.17, 15) is 4.79 Å². The zero-order valence-corrected chi connectivity index (χ0v) is 12.5. The van der Waals surface area contributed by atoms with E-state index in [1.807, 2.05) is 13.8 Å². The number of amides is 1. The summed E-state index contributed by atoms with van der Waals surface area (Å²) in [6.07, 6.45) is 0.333. The minimum Gasteiger partial charge on any atom is -0.384 e. The summed E-state index contributed by atoms with van der Waals surface area (Å²) >= 11 is 1.38. The first-order chi connectivity index (χ1) is 9.58. The molecule has 0 aliphatic carbocycles. The maximum absolute atomic E-state index is 12.4. The molecule has 0 fully saturated rings. The lowest BCUT2D eigenvalue weighted by molar-refractivity contribution is 0.0740. The predicted molar refractivity (Wildman–Crippen MR) is 79.3 cm³/mol. The highest BCUT2D eigenvalue weighted by Crippen LogP contribution is 2.16. The molecule has 1 amide bonds. The van der Waals surface area contributed by atoms with Crippen molar-refractivity contribution in [2.24, 2.45) is 5.92 Å². The highest BCUT2D eigenvalue weighted by molar-refractivity contribution is 7.10. The molecule has 0 atom stereocenters. The first-order valence-electron chi connectivity index (χ1n) is 6.43. The molecule has 0 spiro atoms. The zero-order valence-electron chi connectivity index (χ0n) is 11.7. The fourth-order valence-electron chi connectivity index (χ4n) is 1.72. The van der Waals surface area contributed by atoms with Crippen LogP contribution in [0.15, 0.2) is 11.4 Å². The van der Waals surface area contributed by atoms with E-state index in [1.54, 1.807) is 16.3 Å². The summed E-state index contributed by atoms with van der Waals surface area (Å²) < 4.78 is 0. The van der Waals surface area contributed by atoms with Crippen molar-refractivity contribution in [3.63, 3.8) is 0 Å². The average molecular weight is 290 g/mol. The molecule has 0 unspecified atom stereocenters. The Balaban J connectivity index is 2.82. The molecule has 1 N–H and O–H groups in total. The van der Waals surface area contributed by atoms with E-state index in [1.165, 1.54) is 11.3 Å². The number of aliphatic hydroxyl groups is 1. The van der Waals surface area contributed by atoms with Crippen LogP contribution >= 0.6 is 11.3 Å². The molecule has 0 saturated carbocycles. The topological polar surface area (TPSA) is 64.3 Å². The number of aliphatic hydroxyl groups excluding tert-OH is 1. The summed E-state index contributed by atoms with van der Waals surface area (Å²) in [4.78, 5) is 14.9. The normalized spacial score (nSPS) is 9.75. The van der Waals surface area contributed by atoms with Crippen LogP contribution in [0, 0.1) is 29.1 Å². The van der Waals surface area contributed by atoms with Crippen molar-refractivity contribution in [3.05, 3.63) is 21.9 Å². The van der Waals surface area contributed by atoms with Gasteiger partial charge in [-0.3, -0.25) is 4.79 Å². The highest BCUT2D eigenvalue weighted by Gasteiger charge is 2.17. The summed E-state index contributed by atoms with van der Waals surface area (Å²) in [5, 5.41) is 19.1. The van der Waals surface area contributed by atoms with E-state index in [-0.39, 0.29) is 12.5 Å². The molecule has 5 heteroatoms. The lowest BCUT2D eigenvalue weighted by atomic mass is 10.1. The Morgan fingerprint density at radius 3 is 2.90 bits per heavy atom. The van der Waals surface area contributed by atoms with Gasteiger partial charge in [0.2, 0.25) is 0 Å². The van der Waals surface area contributed by atoms with Gasteiger partial charge >= 0.3 is 0 Å². The quantitative estimate of drug-likeness (QED) is 0.845. The van der Waals surface area contributed by atoms with Crippen molar-refractivity contribution < 1.29 is 9.90 Å². The summed E-state index contributed by atoms with van der Waals surface area (Å²) in [6.45, 7) is 4.97. The summed E-state index contributed by atoms with van der Waals surface area (Å²) in [5.74, 6) is 5.63. The molecule has 0 aromatic carbocycles. The lowest BCUT2D eigenvalue weighted by Crippen LogP contribution is -2.34. The Bertz CT molecular complexity index is 546. The molecule has 0 aliphatic heterocycles. The summed E-state index contributed by atoms with van der Waals surface area (Å²) in [6, 6.07) is 3.80. The molecule has 1 aromatic heterocycles. The third kappa shape index (κ3) is 5.05. The van der Waals surface area contributed by atoms with E-state index in [0.717, 1.165) is 4.88 Å². The van der Waals surface area contributed by atoms with E-state index in [2.05, 4.69) is 17.9 Å². The number of nitriles is 1. The van der Waals surface area contributed by atoms with Gasteiger partial charge in [0.25, 0.3) is 5.91 Å². The third-order valence-electron chi connectivity index (χ3n) is 2.50. The van der Waals surface area contributed by atoms with Crippen LogP contribution in [-0.4, -0.2) is 35.6 Å². The molecule has 106 valence electrons. The monoisotopic (exact) mass is 290 g/mol. The highest BCUT2D eigenvalue weighted by atomic mass is 32.1. The van der Waals surface area contributed by atoms with Crippen molar-refractivity contribution in [2.75, 3.05) is 19.7 Å².